The molecule has 0 spiro atoms. The first-order valence-corrected chi connectivity index (χ1v) is 33.3. The average Bonchev–Trinajstić information content (AvgIpc) is 0.701. The molecule has 37 nitrogen and oxygen atoms in total. The van der Waals surface area contributed by atoms with E-state index in [2.05, 4.69) is 10.6 Å². The number of amides is 1. The highest BCUT2D eigenvalue weighted by Crippen LogP contribution is 2.60. The van der Waals surface area contributed by atoms with Gasteiger partial charge in [-0.25, -0.2) is 0 Å². The van der Waals surface area contributed by atoms with E-state index < -0.39 is 255 Å². The first-order chi connectivity index (χ1) is 46.0. The van der Waals surface area contributed by atoms with Gasteiger partial charge < -0.3 is 179 Å². The van der Waals surface area contributed by atoms with Gasteiger partial charge in [-0.3, -0.25) is 4.79 Å². The third-order valence-electron chi connectivity index (χ3n) is 21.0. The van der Waals surface area contributed by atoms with E-state index in [4.69, 9.17) is 66.3 Å². The van der Waals surface area contributed by atoms with Crippen LogP contribution < -0.4 is 10.6 Å². The fraction of sp³-hybridized carbons (Fsp3) is 0.983. The SMILES string of the molecule is O=C(NCCCCCCNC[C@H]1O[C@@H]2O[C@H]3[C@H](O)[C@H](O)[C@@H](O[C@H]4[C@H](O)[C@H](O)[C@@H](O[C@H]5[C@H](O)[C@@H](O)[C@@H](O[C@H]6[C@H](O)[C@@H](O)[C@@H](O[C@H]7[C@H](O)[C@@H](O)[C@@H](O[C@H]8[C@H](O)[C@@H](O)[C@@H](O[C@H]1[C@H](O)[C@H]2O)O[C@@H]8CO)O[C@@H]7CO)O[C@@H]6CO)O[C@@H]5CO)O[C@@H]4CO)O[C@@H]3CO)C12CC3CC(CC(C3)C1)C2. The molecule has 22 N–H and O–H groups in total. The van der Waals surface area contributed by atoms with Crippen LogP contribution >= 0.6 is 0 Å². The topological polar surface area (TPSA) is 575 Å². The predicted molar refractivity (Wildman–Crippen MR) is 306 cm³/mol. The van der Waals surface area contributed by atoms with E-state index >= 15 is 0 Å². The van der Waals surface area contributed by atoms with Crippen LogP contribution in [0.2, 0.25) is 0 Å². The van der Waals surface area contributed by atoms with Crippen LogP contribution in [0.1, 0.15) is 64.2 Å². The highest BCUT2D eigenvalue weighted by molar-refractivity contribution is 5.83. The summed E-state index contributed by atoms with van der Waals surface area (Å²) >= 11 is 0. The molecule has 18 bridgehead atoms. The Balaban J connectivity index is 0.815. The molecule has 21 heterocycles. The number of rotatable bonds is 16. The number of hydrogen-bond acceptors (Lipinski definition) is 36. The standard InChI is InChI=1S/C59H98N2O35/c62-14-24-45-32(70)39(77)53(85-24)93-47-26(16-64)87-55(41(79)34(47)72)95-49-28(18-66)89-57(43(81)36(49)74)96-50-29(19-67)88-56(42(80)35(50)73)94-48-27(17-65)86-54(40(78)33(48)71)92-46-25(15-63)84-52(38(76)31(46)69)90-44-23(83-51(91-45)37(75)30(44)68)13-60-5-3-1-2-4-6-61-58(82)59-10-20-7-21(11-59)9-22(8-20)12-59/h20-57,60,62-81H,1-19H2,(H,61,82)/t20?,21?,22?,23-,24-,25-,26-,27-,28-,29-,30-,31-,32-,33-,34-,35-,36-,37-,38-,39+,40-,41+,42-,43-,44-,45-,46-,47-,48-,49-,50-,51-,52-,53-,54-,55-,56-,57-,59?/m1/s1. The van der Waals surface area contributed by atoms with Crippen molar-refractivity contribution in [2.75, 3.05) is 59.3 Å². The smallest absolute Gasteiger partial charge is 0.226 e. The van der Waals surface area contributed by atoms with Crippen LogP contribution in [0.4, 0.5) is 0 Å². The molecule has 0 radical (unpaired) electrons. The number of nitrogens with one attached hydrogen (secondary N) is 2. The van der Waals surface area contributed by atoms with Crippen LogP contribution in [0.3, 0.4) is 0 Å². The maximum Gasteiger partial charge on any atom is 0.226 e. The largest absolute Gasteiger partial charge is 0.394 e. The molecule has 4 saturated carbocycles. The van der Waals surface area contributed by atoms with Crippen LogP contribution in [0.5, 0.6) is 0 Å². The maximum absolute atomic E-state index is 13.5. The second-order valence-electron chi connectivity index (χ2n) is 27.5. The zero-order valence-electron chi connectivity index (χ0n) is 52.4. The van der Waals surface area contributed by atoms with E-state index in [1.54, 1.807) is 0 Å². The van der Waals surface area contributed by atoms with Gasteiger partial charge in [0.2, 0.25) is 5.91 Å². The van der Waals surface area contributed by atoms with Gasteiger partial charge in [0.05, 0.1) is 39.6 Å². The van der Waals surface area contributed by atoms with E-state index in [0.29, 0.717) is 43.7 Å². The molecule has 0 aromatic carbocycles. The number of aliphatic hydroxyl groups excluding tert-OH is 20. The molecule has 1 amide bonds. The second-order valence-corrected chi connectivity index (χ2v) is 27.5. The second kappa shape index (κ2) is 32.4. The van der Waals surface area contributed by atoms with Gasteiger partial charge in [0.15, 0.2) is 44.0 Å². The average molecular weight is 1400 g/mol. The van der Waals surface area contributed by atoms with Crippen molar-refractivity contribution in [1.29, 1.82) is 0 Å². The molecular weight excluding hydrogens is 1300 g/mol. The van der Waals surface area contributed by atoms with Gasteiger partial charge in [-0.05, 0) is 75.7 Å². The fourth-order valence-corrected chi connectivity index (χ4v) is 16.2. The molecule has 96 heavy (non-hydrogen) atoms. The summed E-state index contributed by atoms with van der Waals surface area (Å²) in [6.45, 7) is -5.60. The first kappa shape index (κ1) is 75.2. The summed E-state index contributed by atoms with van der Waals surface area (Å²) in [4.78, 5) is 13.5. The molecule has 21 aliphatic heterocycles. The number of unbranched alkanes of at least 4 members (excludes halogenated alkanes) is 3. The number of carbonyl (C=O) groups excluding carboxylic acids is 1. The lowest BCUT2D eigenvalue weighted by molar-refractivity contribution is -0.396. The van der Waals surface area contributed by atoms with Crippen molar-refractivity contribution in [1.82, 2.24) is 10.6 Å². The third kappa shape index (κ3) is 15.3. The minimum absolute atomic E-state index is 0.147. The first-order valence-electron chi connectivity index (χ1n) is 33.3. The molecule has 25 fully saturated rings. The summed E-state index contributed by atoms with van der Waals surface area (Å²) in [5, 5.41) is 231. The lowest BCUT2D eigenvalue weighted by atomic mass is 9.49. The van der Waals surface area contributed by atoms with Gasteiger partial charge in [0.25, 0.3) is 0 Å². The lowest BCUT2D eigenvalue weighted by Gasteiger charge is -2.55. The van der Waals surface area contributed by atoms with Crippen molar-refractivity contribution in [2.24, 2.45) is 23.2 Å². The highest BCUT2D eigenvalue weighted by atomic mass is 16.8. The predicted octanol–water partition coefficient (Wildman–Crippen LogP) is -11.7. The van der Waals surface area contributed by atoms with Crippen molar-refractivity contribution in [3.8, 4) is 0 Å². The van der Waals surface area contributed by atoms with Crippen LogP contribution in [0, 0.1) is 23.2 Å². The van der Waals surface area contributed by atoms with E-state index in [-0.39, 0.29) is 17.9 Å². The van der Waals surface area contributed by atoms with E-state index in [0.717, 1.165) is 32.1 Å². The molecular formula is C59H98N2O35. The number of aliphatic hydroxyl groups is 20. The normalized spacial score (nSPS) is 52.4. The Labute approximate surface area is 550 Å². The van der Waals surface area contributed by atoms with Crippen molar-refractivity contribution < 1.29 is 173 Å². The highest BCUT2D eigenvalue weighted by Gasteiger charge is 2.61. The van der Waals surface area contributed by atoms with Crippen LogP contribution in [0.15, 0.2) is 0 Å². The van der Waals surface area contributed by atoms with Crippen molar-refractivity contribution in [2.45, 2.75) is 279 Å². The van der Waals surface area contributed by atoms with E-state index in [1.807, 2.05) is 0 Å². The minimum Gasteiger partial charge on any atom is -0.394 e. The van der Waals surface area contributed by atoms with Gasteiger partial charge in [-0.2, -0.15) is 0 Å². The van der Waals surface area contributed by atoms with Gasteiger partial charge in [-0.15, -0.1) is 0 Å². The fourth-order valence-electron chi connectivity index (χ4n) is 16.2. The van der Waals surface area contributed by atoms with Crippen LogP contribution in [0.25, 0.3) is 0 Å². The number of hydrogen-bond donors (Lipinski definition) is 22. The summed E-state index contributed by atoms with van der Waals surface area (Å²) in [6, 6.07) is 0. The molecule has 37 heteroatoms. The Bertz CT molecular complexity index is 2400. The zero-order valence-corrected chi connectivity index (χ0v) is 52.4. The van der Waals surface area contributed by atoms with Crippen molar-refractivity contribution in [3.05, 3.63) is 0 Å². The van der Waals surface area contributed by atoms with Crippen molar-refractivity contribution >= 4 is 5.91 Å². The number of carbonyl (C=O) groups is 1. The summed E-state index contributed by atoms with van der Waals surface area (Å²) < 4.78 is 82.0. The third-order valence-corrected chi connectivity index (χ3v) is 21.0. The van der Waals surface area contributed by atoms with Gasteiger partial charge in [0.1, 0.15) is 171 Å². The molecule has 554 valence electrons. The van der Waals surface area contributed by atoms with Gasteiger partial charge in [-0.1, -0.05) is 12.8 Å². The van der Waals surface area contributed by atoms with Crippen LogP contribution in [-0.4, -0.2) is 382 Å². The van der Waals surface area contributed by atoms with E-state index in [9.17, 15) is 107 Å². The lowest BCUT2D eigenvalue weighted by Crippen LogP contribution is -2.68. The monoisotopic (exact) mass is 1390 g/mol. The Morgan fingerprint density at radius 2 is 0.510 bits per heavy atom. The molecule has 4 aliphatic carbocycles. The Hall–Kier alpha value is -1.93. The molecule has 0 aromatic rings. The summed E-state index contributed by atoms with van der Waals surface area (Å²) in [5.74, 6) is 2.02. The Morgan fingerprint density at radius 1 is 0.292 bits per heavy atom. The molecule has 25 rings (SSSR count). The Morgan fingerprint density at radius 3 is 0.750 bits per heavy atom. The molecule has 25 aliphatic rings. The van der Waals surface area contributed by atoms with Crippen molar-refractivity contribution in [3.63, 3.8) is 0 Å². The van der Waals surface area contributed by atoms with E-state index in [1.165, 1.54) is 19.3 Å². The number of ether oxygens (including phenoxy) is 14. The molecule has 0 unspecified atom stereocenters. The minimum atomic E-state index is -2.21. The van der Waals surface area contributed by atoms with Crippen LogP contribution in [-0.2, 0) is 71.1 Å². The zero-order chi connectivity index (χ0) is 68.8. The van der Waals surface area contributed by atoms with Gasteiger partial charge in [0, 0.05) is 18.5 Å². The maximum atomic E-state index is 13.5. The molecule has 35 atom stereocenters. The van der Waals surface area contributed by atoms with Gasteiger partial charge >= 0.3 is 0 Å². The summed E-state index contributed by atoms with van der Waals surface area (Å²) in [6.07, 6.45) is -60.1. The Kier molecular flexibility index (Phi) is 25.4. The summed E-state index contributed by atoms with van der Waals surface area (Å²) in [5.41, 5.74) is -0.266. The molecule has 0 aromatic heterocycles. The summed E-state index contributed by atoms with van der Waals surface area (Å²) in [7, 11) is 0. The molecule has 21 saturated heterocycles. The quantitative estimate of drug-likeness (QED) is 0.0638.